The topological polar surface area (TPSA) is 35.5 Å². The van der Waals surface area contributed by atoms with Gasteiger partial charge in [-0.25, -0.2) is 0 Å². The van der Waals surface area contributed by atoms with Gasteiger partial charge in [0.25, 0.3) is 0 Å². The quantitative estimate of drug-likeness (QED) is 0.321. The number of fused-ring (bicyclic) bond motifs is 1. The van der Waals surface area contributed by atoms with E-state index in [0.29, 0.717) is 29.7 Å². The summed E-state index contributed by atoms with van der Waals surface area (Å²) in [5, 5.41) is 2.25. The van der Waals surface area contributed by atoms with Gasteiger partial charge < -0.3 is 9.05 Å². The molecule has 3 rings (SSSR count). The summed E-state index contributed by atoms with van der Waals surface area (Å²) in [6.45, 7) is 6.30. The number of aryl methyl sites for hydroxylation is 1. The third-order valence-corrected chi connectivity index (χ3v) is 9.35. The summed E-state index contributed by atoms with van der Waals surface area (Å²) in [7, 11) is -3.45. The summed E-state index contributed by atoms with van der Waals surface area (Å²) in [4.78, 5) is 0.988. The Morgan fingerprint density at radius 2 is 1.61 bits per heavy atom. The molecule has 0 bridgehead atoms. The van der Waals surface area contributed by atoms with Gasteiger partial charge in [-0.1, -0.05) is 47.5 Å². The molecule has 0 aliphatic carbocycles. The van der Waals surface area contributed by atoms with Crippen LogP contribution in [0.1, 0.15) is 35.5 Å². The maximum Gasteiger partial charge on any atom is 0.339 e. The van der Waals surface area contributed by atoms with Gasteiger partial charge in [0.1, 0.15) is 5.66 Å². The molecule has 0 saturated carbocycles. The zero-order valence-corrected chi connectivity index (χ0v) is 19.3. The Hall–Kier alpha value is -0.870. The molecule has 3 aromatic rings. The number of hydrogen-bond donors (Lipinski definition) is 0. The highest BCUT2D eigenvalue weighted by atomic mass is 35.5. The van der Waals surface area contributed by atoms with Crippen LogP contribution in [-0.2, 0) is 20.0 Å². The van der Waals surface area contributed by atoms with Crippen LogP contribution < -0.4 is 0 Å². The van der Waals surface area contributed by atoms with Crippen LogP contribution in [0.5, 0.6) is 0 Å². The van der Waals surface area contributed by atoms with Gasteiger partial charge in [-0.05, 0) is 61.9 Å². The van der Waals surface area contributed by atoms with Crippen LogP contribution in [0.3, 0.4) is 0 Å². The normalized spacial score (nSPS) is 13.2. The Balaban J connectivity index is 2.18. The van der Waals surface area contributed by atoms with Crippen LogP contribution in [0, 0.1) is 6.92 Å². The first-order valence-electron chi connectivity index (χ1n) is 9.21. The second-order valence-corrected chi connectivity index (χ2v) is 10.5. The van der Waals surface area contributed by atoms with Gasteiger partial charge in [-0.15, -0.1) is 11.3 Å². The second-order valence-electron chi connectivity index (χ2n) is 6.38. The molecule has 150 valence electrons. The lowest BCUT2D eigenvalue weighted by atomic mass is 10.1. The SMILES string of the molecule is CCOP(=O)(OCC)C(Cc1c(Cl)cccc1Cl)c1sc2ccccc2c1C. The lowest BCUT2D eigenvalue weighted by Gasteiger charge is -2.27. The molecule has 28 heavy (non-hydrogen) atoms. The largest absolute Gasteiger partial charge is 0.339 e. The number of benzene rings is 2. The van der Waals surface area contributed by atoms with Crippen molar-refractivity contribution in [2.75, 3.05) is 13.2 Å². The Kier molecular flexibility index (Phi) is 7.25. The third kappa shape index (κ3) is 4.33. The summed E-state index contributed by atoms with van der Waals surface area (Å²) < 4.78 is 26.5. The van der Waals surface area contributed by atoms with Crippen molar-refractivity contribution in [1.82, 2.24) is 0 Å². The fourth-order valence-corrected chi connectivity index (χ4v) is 7.69. The van der Waals surface area contributed by atoms with E-state index in [4.69, 9.17) is 32.2 Å². The molecule has 1 unspecified atom stereocenters. The third-order valence-electron chi connectivity index (χ3n) is 4.64. The van der Waals surface area contributed by atoms with E-state index >= 15 is 0 Å². The van der Waals surface area contributed by atoms with E-state index in [2.05, 4.69) is 19.1 Å². The van der Waals surface area contributed by atoms with Crippen LogP contribution in [0.2, 0.25) is 10.0 Å². The van der Waals surface area contributed by atoms with Crippen molar-refractivity contribution in [2.45, 2.75) is 32.9 Å². The van der Waals surface area contributed by atoms with Crippen molar-refractivity contribution in [3.63, 3.8) is 0 Å². The summed E-state index contributed by atoms with van der Waals surface area (Å²) in [5.41, 5.74) is 1.36. The Labute approximate surface area is 180 Å². The molecule has 1 heterocycles. The molecule has 0 aliphatic rings. The summed E-state index contributed by atoms with van der Waals surface area (Å²) in [6, 6.07) is 13.6. The fraction of sp³-hybridized carbons (Fsp3) is 0.333. The van der Waals surface area contributed by atoms with Gasteiger partial charge in [0.15, 0.2) is 0 Å². The minimum absolute atomic E-state index is 0.300. The Morgan fingerprint density at radius 1 is 1.00 bits per heavy atom. The molecular weight excluding hydrogens is 434 g/mol. The summed E-state index contributed by atoms with van der Waals surface area (Å²) in [6.07, 6.45) is 0.378. The smallest absolute Gasteiger partial charge is 0.308 e. The fourth-order valence-electron chi connectivity index (χ4n) is 3.36. The number of halogens is 2. The Bertz CT molecular complexity index is 988. The minimum atomic E-state index is -3.45. The highest BCUT2D eigenvalue weighted by molar-refractivity contribution is 7.54. The number of rotatable bonds is 8. The van der Waals surface area contributed by atoms with Crippen molar-refractivity contribution in [1.29, 1.82) is 0 Å². The average Bonchev–Trinajstić information content (AvgIpc) is 2.98. The van der Waals surface area contributed by atoms with E-state index < -0.39 is 13.3 Å². The maximum absolute atomic E-state index is 13.8. The first kappa shape index (κ1) is 21.8. The molecule has 1 aromatic heterocycles. The van der Waals surface area contributed by atoms with E-state index in [0.717, 1.165) is 26.1 Å². The molecule has 7 heteroatoms. The lowest BCUT2D eigenvalue weighted by Crippen LogP contribution is -2.10. The van der Waals surface area contributed by atoms with E-state index in [-0.39, 0.29) is 0 Å². The predicted molar refractivity (Wildman–Crippen MR) is 120 cm³/mol. The first-order chi connectivity index (χ1) is 13.4. The van der Waals surface area contributed by atoms with Crippen LogP contribution in [0.25, 0.3) is 10.1 Å². The zero-order chi connectivity index (χ0) is 20.3. The average molecular weight is 457 g/mol. The van der Waals surface area contributed by atoms with Gasteiger partial charge in [-0.2, -0.15) is 0 Å². The summed E-state index contributed by atoms with van der Waals surface area (Å²) >= 11 is 14.5. The Morgan fingerprint density at radius 3 is 2.18 bits per heavy atom. The lowest BCUT2D eigenvalue weighted by molar-refractivity contribution is 0.212. The second kappa shape index (κ2) is 9.30. The van der Waals surface area contributed by atoms with Crippen LogP contribution in [-0.4, -0.2) is 13.2 Å². The molecular formula is C21H23Cl2O3PS. The standard InChI is InChI=1S/C21H23Cl2O3PS/c1-4-25-27(24,26-5-2)19(13-16-17(22)10-8-11-18(16)23)21-14(3)15-9-6-7-12-20(15)28-21/h6-12,19H,4-5,13H2,1-3H3. The van der Waals surface area contributed by atoms with E-state index in [1.807, 2.05) is 26.0 Å². The molecule has 0 spiro atoms. The van der Waals surface area contributed by atoms with E-state index in [9.17, 15) is 4.57 Å². The highest BCUT2D eigenvalue weighted by Gasteiger charge is 2.39. The molecule has 1 atom stereocenters. The van der Waals surface area contributed by atoms with Crippen molar-refractivity contribution in [3.8, 4) is 0 Å². The monoisotopic (exact) mass is 456 g/mol. The molecule has 0 N–H and O–H groups in total. The molecule has 2 aromatic carbocycles. The minimum Gasteiger partial charge on any atom is -0.308 e. The van der Waals surface area contributed by atoms with Gasteiger partial charge >= 0.3 is 7.60 Å². The van der Waals surface area contributed by atoms with Crippen LogP contribution >= 0.6 is 42.1 Å². The number of thiophene rings is 1. The van der Waals surface area contributed by atoms with E-state index in [1.165, 1.54) is 0 Å². The zero-order valence-electron chi connectivity index (χ0n) is 16.1. The molecule has 0 amide bonds. The van der Waals surface area contributed by atoms with Crippen molar-refractivity contribution < 1.29 is 13.6 Å². The van der Waals surface area contributed by atoms with E-state index in [1.54, 1.807) is 29.5 Å². The highest BCUT2D eigenvalue weighted by Crippen LogP contribution is 2.64. The predicted octanol–water partition coefficient (Wildman–Crippen LogP) is 8.07. The maximum atomic E-state index is 13.8. The van der Waals surface area contributed by atoms with Crippen LogP contribution in [0.15, 0.2) is 42.5 Å². The van der Waals surface area contributed by atoms with Gasteiger partial charge in [0.2, 0.25) is 0 Å². The van der Waals surface area contributed by atoms with Crippen molar-refractivity contribution >= 4 is 52.2 Å². The van der Waals surface area contributed by atoms with Crippen molar-refractivity contribution in [2.24, 2.45) is 0 Å². The molecule has 0 radical (unpaired) electrons. The molecule has 3 nitrogen and oxygen atoms in total. The molecule has 0 fully saturated rings. The van der Waals surface area contributed by atoms with Gasteiger partial charge in [0, 0.05) is 19.6 Å². The van der Waals surface area contributed by atoms with Crippen LogP contribution in [0.4, 0.5) is 0 Å². The molecule has 0 saturated heterocycles. The van der Waals surface area contributed by atoms with Gasteiger partial charge in [0.05, 0.1) is 13.2 Å². The van der Waals surface area contributed by atoms with Crippen molar-refractivity contribution in [3.05, 3.63) is 68.5 Å². The number of hydrogen-bond acceptors (Lipinski definition) is 4. The molecule has 0 aliphatic heterocycles. The van der Waals surface area contributed by atoms with Gasteiger partial charge in [-0.3, -0.25) is 4.57 Å². The summed E-state index contributed by atoms with van der Waals surface area (Å²) in [5.74, 6) is 0. The first-order valence-corrected chi connectivity index (χ1v) is 12.4.